The second-order valence-corrected chi connectivity index (χ2v) is 5.65. The van der Waals surface area contributed by atoms with Crippen LogP contribution in [-0.2, 0) is 4.74 Å². The van der Waals surface area contributed by atoms with Gasteiger partial charge in [0.2, 0.25) is 12.0 Å². The van der Waals surface area contributed by atoms with E-state index < -0.39 is 37.3 Å². The van der Waals surface area contributed by atoms with Gasteiger partial charge in [0.1, 0.15) is 24.4 Å². The van der Waals surface area contributed by atoms with Crippen molar-refractivity contribution in [1.29, 1.82) is 0 Å². The SMILES string of the molecule is COc1cc(/C=C/CO)cc(OC)c1OC1O[C@H](CO)[C@@H](O)[C@H](O)[C@H]1O. The van der Waals surface area contributed by atoms with Gasteiger partial charge in [-0.2, -0.15) is 0 Å². The van der Waals surface area contributed by atoms with Crippen molar-refractivity contribution >= 4 is 6.08 Å². The molecule has 0 aromatic heterocycles. The first-order chi connectivity index (χ1) is 12.5. The van der Waals surface area contributed by atoms with Crippen LogP contribution in [0.5, 0.6) is 17.2 Å². The van der Waals surface area contributed by atoms with Gasteiger partial charge in [0.25, 0.3) is 0 Å². The van der Waals surface area contributed by atoms with Crippen LogP contribution >= 0.6 is 0 Å². The van der Waals surface area contributed by atoms with Gasteiger partial charge >= 0.3 is 0 Å². The van der Waals surface area contributed by atoms with Crippen molar-refractivity contribution in [1.82, 2.24) is 0 Å². The lowest BCUT2D eigenvalue weighted by Gasteiger charge is -2.39. The Morgan fingerprint density at radius 2 is 1.62 bits per heavy atom. The Bertz CT molecular complexity index is 591. The molecule has 9 heteroatoms. The molecule has 1 aliphatic heterocycles. The second kappa shape index (κ2) is 9.17. The zero-order valence-corrected chi connectivity index (χ0v) is 14.5. The third kappa shape index (κ3) is 4.26. The number of aliphatic hydroxyl groups excluding tert-OH is 5. The molecule has 9 nitrogen and oxygen atoms in total. The summed E-state index contributed by atoms with van der Waals surface area (Å²) >= 11 is 0. The molecule has 0 spiro atoms. The molecule has 1 aromatic carbocycles. The molecule has 1 fully saturated rings. The standard InChI is InChI=1S/C17H24O9/c1-23-10-6-9(4-3-5-18)7-11(24-2)16(10)26-17-15(22)14(21)13(20)12(8-19)25-17/h3-4,6-7,12-15,17-22H,5,8H2,1-2H3/b4-3+/t12-,13-,14+,15-,17?/m1/s1. The van der Waals surface area contributed by atoms with E-state index in [2.05, 4.69) is 0 Å². The van der Waals surface area contributed by atoms with Crippen molar-refractivity contribution in [3.8, 4) is 17.2 Å². The molecule has 5 N–H and O–H groups in total. The maximum Gasteiger partial charge on any atom is 0.229 e. The van der Waals surface area contributed by atoms with E-state index in [1.165, 1.54) is 20.3 Å². The van der Waals surface area contributed by atoms with Crippen molar-refractivity contribution < 1.29 is 44.5 Å². The zero-order chi connectivity index (χ0) is 19.3. The van der Waals surface area contributed by atoms with Gasteiger partial charge in [-0.3, -0.25) is 0 Å². The van der Waals surface area contributed by atoms with Crippen molar-refractivity contribution in [2.45, 2.75) is 30.7 Å². The van der Waals surface area contributed by atoms with Crippen LogP contribution in [0.1, 0.15) is 5.56 Å². The van der Waals surface area contributed by atoms with E-state index in [9.17, 15) is 20.4 Å². The molecule has 1 saturated heterocycles. The Hall–Kier alpha value is -1.88. The van der Waals surface area contributed by atoms with Crippen LogP contribution in [0.25, 0.3) is 6.08 Å². The van der Waals surface area contributed by atoms with Gasteiger partial charge in [0.15, 0.2) is 11.5 Å². The van der Waals surface area contributed by atoms with Gasteiger partial charge in [-0.15, -0.1) is 0 Å². The van der Waals surface area contributed by atoms with Crippen molar-refractivity contribution in [3.05, 3.63) is 23.8 Å². The first kappa shape index (κ1) is 20.4. The lowest BCUT2D eigenvalue weighted by atomic mass is 9.99. The minimum absolute atomic E-state index is 0.112. The van der Waals surface area contributed by atoms with Crippen LogP contribution in [0.4, 0.5) is 0 Å². The number of ether oxygens (including phenoxy) is 4. The van der Waals surface area contributed by atoms with Crippen LogP contribution in [0, 0.1) is 0 Å². The average Bonchev–Trinajstić information content (AvgIpc) is 2.66. The Labute approximate surface area is 150 Å². The second-order valence-electron chi connectivity index (χ2n) is 5.65. The van der Waals surface area contributed by atoms with E-state index in [0.717, 1.165) is 0 Å². The molecule has 0 radical (unpaired) electrons. The van der Waals surface area contributed by atoms with E-state index in [4.69, 9.17) is 24.1 Å². The lowest BCUT2D eigenvalue weighted by Crippen LogP contribution is -2.60. The van der Waals surface area contributed by atoms with Gasteiger partial charge < -0.3 is 44.5 Å². The monoisotopic (exact) mass is 372 g/mol. The maximum atomic E-state index is 10.1. The molecule has 26 heavy (non-hydrogen) atoms. The van der Waals surface area contributed by atoms with Crippen molar-refractivity contribution in [2.75, 3.05) is 27.4 Å². The Balaban J connectivity index is 2.33. The van der Waals surface area contributed by atoms with E-state index in [1.54, 1.807) is 18.2 Å². The maximum absolute atomic E-state index is 10.1. The predicted molar refractivity (Wildman–Crippen MR) is 90.1 cm³/mol. The molecule has 1 aliphatic rings. The topological polar surface area (TPSA) is 138 Å². The minimum atomic E-state index is -1.56. The molecule has 0 amide bonds. The first-order valence-electron chi connectivity index (χ1n) is 7.97. The molecular formula is C17H24O9. The summed E-state index contributed by atoms with van der Waals surface area (Å²) in [7, 11) is 2.82. The van der Waals surface area contributed by atoms with Gasteiger partial charge in [-0.1, -0.05) is 12.2 Å². The molecule has 2 rings (SSSR count). The Kier molecular flexibility index (Phi) is 7.21. The fraction of sp³-hybridized carbons (Fsp3) is 0.529. The van der Waals surface area contributed by atoms with Crippen molar-refractivity contribution in [2.24, 2.45) is 0 Å². The summed E-state index contributed by atoms with van der Waals surface area (Å²) in [6.07, 6.45) is -3.88. The molecule has 0 saturated carbocycles. The van der Waals surface area contributed by atoms with Crippen LogP contribution in [0.2, 0.25) is 0 Å². The molecular weight excluding hydrogens is 348 g/mol. The van der Waals surface area contributed by atoms with E-state index >= 15 is 0 Å². The largest absolute Gasteiger partial charge is 0.493 e. The third-order valence-electron chi connectivity index (χ3n) is 3.98. The van der Waals surface area contributed by atoms with E-state index in [-0.39, 0.29) is 23.9 Å². The summed E-state index contributed by atoms with van der Waals surface area (Å²) in [4.78, 5) is 0. The zero-order valence-electron chi connectivity index (χ0n) is 14.5. The van der Waals surface area contributed by atoms with Crippen LogP contribution < -0.4 is 14.2 Å². The smallest absolute Gasteiger partial charge is 0.229 e. The number of methoxy groups -OCH3 is 2. The number of benzene rings is 1. The number of hydrogen-bond acceptors (Lipinski definition) is 9. The predicted octanol–water partition coefficient (Wildman–Crippen LogP) is -1.11. The summed E-state index contributed by atoms with van der Waals surface area (Å²) < 4.78 is 21.6. The number of aliphatic hydroxyl groups is 5. The van der Waals surface area contributed by atoms with Crippen molar-refractivity contribution in [3.63, 3.8) is 0 Å². The Morgan fingerprint density at radius 3 is 2.12 bits per heavy atom. The van der Waals surface area contributed by atoms with Crippen LogP contribution in [-0.4, -0.2) is 83.7 Å². The summed E-state index contributed by atoms with van der Waals surface area (Å²) in [5.74, 6) is 0.637. The first-order valence-corrected chi connectivity index (χ1v) is 7.97. The number of hydrogen-bond donors (Lipinski definition) is 5. The highest BCUT2D eigenvalue weighted by atomic mass is 16.7. The quantitative estimate of drug-likeness (QED) is 0.403. The summed E-state index contributed by atoms with van der Waals surface area (Å²) in [6, 6.07) is 3.24. The lowest BCUT2D eigenvalue weighted by molar-refractivity contribution is -0.277. The van der Waals surface area contributed by atoms with Crippen LogP contribution in [0.3, 0.4) is 0 Å². The summed E-state index contributed by atoms with van der Waals surface area (Å²) in [5, 5.41) is 48.0. The van der Waals surface area contributed by atoms with Gasteiger partial charge in [-0.05, 0) is 17.7 Å². The average molecular weight is 372 g/mol. The number of rotatable bonds is 7. The molecule has 0 bridgehead atoms. The third-order valence-corrected chi connectivity index (χ3v) is 3.98. The van der Waals surface area contributed by atoms with E-state index in [0.29, 0.717) is 5.56 Å². The highest BCUT2D eigenvalue weighted by molar-refractivity contribution is 5.62. The molecule has 1 heterocycles. The Morgan fingerprint density at radius 1 is 1.00 bits per heavy atom. The molecule has 1 unspecified atom stereocenters. The molecule has 146 valence electrons. The molecule has 0 aliphatic carbocycles. The summed E-state index contributed by atoms with van der Waals surface area (Å²) in [5.41, 5.74) is 0.675. The molecule has 5 atom stereocenters. The fourth-order valence-electron chi connectivity index (χ4n) is 2.58. The van der Waals surface area contributed by atoms with Gasteiger partial charge in [0.05, 0.1) is 27.4 Å². The minimum Gasteiger partial charge on any atom is -0.493 e. The van der Waals surface area contributed by atoms with Crippen LogP contribution in [0.15, 0.2) is 18.2 Å². The highest BCUT2D eigenvalue weighted by Gasteiger charge is 2.45. The van der Waals surface area contributed by atoms with Gasteiger partial charge in [-0.25, -0.2) is 0 Å². The fourth-order valence-corrected chi connectivity index (χ4v) is 2.58. The van der Waals surface area contributed by atoms with E-state index in [1.807, 2.05) is 0 Å². The molecule has 1 aromatic rings. The van der Waals surface area contributed by atoms with Gasteiger partial charge in [0, 0.05) is 0 Å². The highest BCUT2D eigenvalue weighted by Crippen LogP contribution is 2.40. The summed E-state index contributed by atoms with van der Waals surface area (Å²) in [6.45, 7) is -0.697. The normalized spacial score (nSPS) is 29.0.